The Kier molecular flexibility index (Phi) is 5.95. The number of nitrogens with zero attached hydrogens (tertiary/aromatic N) is 1. The van der Waals surface area contributed by atoms with Gasteiger partial charge >= 0.3 is 6.03 Å². The van der Waals surface area contributed by atoms with Crippen molar-refractivity contribution in [1.82, 2.24) is 10.2 Å². The number of amides is 2. The Morgan fingerprint density at radius 1 is 1.00 bits per heavy atom. The zero-order valence-corrected chi connectivity index (χ0v) is 16.0. The standard InChI is InChI=1S/C21H31N3O3/c25-20(23-17-4-2-1-3-5-17)24-11-6-18(7-12-24)22-19-8-13-27-21(16-19)9-14-26-15-10-21/h1-5,18-19,22H,6-16H2,(H,23,25). The molecular formula is C21H31N3O3. The van der Waals surface area contributed by atoms with E-state index in [0.717, 1.165) is 77.1 Å². The van der Waals surface area contributed by atoms with Crippen molar-refractivity contribution in [2.45, 2.75) is 56.2 Å². The topological polar surface area (TPSA) is 62.8 Å². The van der Waals surface area contributed by atoms with Gasteiger partial charge in [-0.3, -0.25) is 0 Å². The first-order valence-electron chi connectivity index (χ1n) is 10.3. The molecule has 1 spiro atoms. The highest BCUT2D eigenvalue weighted by Gasteiger charge is 2.39. The van der Waals surface area contributed by atoms with Crippen molar-refractivity contribution in [2.75, 3.05) is 38.2 Å². The summed E-state index contributed by atoms with van der Waals surface area (Å²) in [5.74, 6) is 0. The van der Waals surface area contributed by atoms with Gasteiger partial charge in [0.25, 0.3) is 0 Å². The van der Waals surface area contributed by atoms with Crippen molar-refractivity contribution in [3.8, 4) is 0 Å². The monoisotopic (exact) mass is 373 g/mol. The molecule has 0 aromatic heterocycles. The summed E-state index contributed by atoms with van der Waals surface area (Å²) in [7, 11) is 0. The Hall–Kier alpha value is -1.63. The van der Waals surface area contributed by atoms with Gasteiger partial charge in [-0.2, -0.15) is 0 Å². The number of carbonyl (C=O) groups is 1. The van der Waals surface area contributed by atoms with Crippen molar-refractivity contribution in [3.63, 3.8) is 0 Å². The number of hydrogen-bond donors (Lipinski definition) is 2. The molecule has 2 N–H and O–H groups in total. The molecule has 3 saturated heterocycles. The molecule has 0 aliphatic carbocycles. The van der Waals surface area contributed by atoms with Crippen molar-refractivity contribution < 1.29 is 14.3 Å². The van der Waals surface area contributed by atoms with E-state index in [1.807, 2.05) is 35.2 Å². The molecule has 1 aromatic rings. The molecule has 3 aliphatic rings. The fraction of sp³-hybridized carbons (Fsp3) is 0.667. The largest absolute Gasteiger partial charge is 0.381 e. The second kappa shape index (κ2) is 8.59. The number of para-hydroxylation sites is 1. The first-order valence-corrected chi connectivity index (χ1v) is 10.3. The van der Waals surface area contributed by atoms with Gasteiger partial charge in [-0.05, 0) is 50.7 Å². The molecule has 3 heterocycles. The van der Waals surface area contributed by atoms with Crippen LogP contribution in [0.3, 0.4) is 0 Å². The summed E-state index contributed by atoms with van der Waals surface area (Å²) in [4.78, 5) is 14.4. The number of anilines is 1. The molecule has 4 rings (SSSR count). The van der Waals surface area contributed by atoms with Crippen molar-refractivity contribution >= 4 is 11.7 Å². The van der Waals surface area contributed by atoms with Crippen LogP contribution in [0.15, 0.2) is 30.3 Å². The van der Waals surface area contributed by atoms with E-state index >= 15 is 0 Å². The molecule has 2 amide bonds. The summed E-state index contributed by atoms with van der Waals surface area (Å²) in [6, 6.07) is 10.7. The van der Waals surface area contributed by atoms with E-state index in [1.54, 1.807) is 0 Å². The number of hydrogen-bond acceptors (Lipinski definition) is 4. The fourth-order valence-corrected chi connectivity index (χ4v) is 4.57. The van der Waals surface area contributed by atoms with Crippen LogP contribution in [0.5, 0.6) is 0 Å². The molecule has 3 fully saturated rings. The third-order valence-electron chi connectivity index (χ3n) is 6.18. The minimum Gasteiger partial charge on any atom is -0.381 e. The maximum absolute atomic E-state index is 12.4. The lowest BCUT2D eigenvalue weighted by Crippen LogP contribution is -2.54. The Morgan fingerprint density at radius 2 is 1.74 bits per heavy atom. The molecule has 0 bridgehead atoms. The SMILES string of the molecule is O=C(Nc1ccccc1)N1CCC(NC2CCOC3(CCOCC3)C2)CC1. The van der Waals surface area contributed by atoms with Crippen LogP contribution in [0.25, 0.3) is 0 Å². The van der Waals surface area contributed by atoms with Gasteiger partial charge in [-0.25, -0.2) is 4.79 Å². The van der Waals surface area contributed by atoms with Gasteiger partial charge in [0, 0.05) is 50.7 Å². The molecule has 1 aromatic carbocycles. The Morgan fingerprint density at radius 3 is 2.48 bits per heavy atom. The number of ether oxygens (including phenoxy) is 2. The van der Waals surface area contributed by atoms with Crippen LogP contribution in [0.4, 0.5) is 10.5 Å². The third kappa shape index (κ3) is 4.81. The average molecular weight is 373 g/mol. The molecule has 6 nitrogen and oxygen atoms in total. The van der Waals surface area contributed by atoms with Gasteiger partial charge in [0.2, 0.25) is 0 Å². The average Bonchev–Trinajstić information content (AvgIpc) is 2.70. The molecule has 3 aliphatic heterocycles. The van der Waals surface area contributed by atoms with E-state index < -0.39 is 0 Å². The highest BCUT2D eigenvalue weighted by molar-refractivity contribution is 5.89. The molecule has 148 valence electrons. The highest BCUT2D eigenvalue weighted by atomic mass is 16.5. The van der Waals surface area contributed by atoms with Gasteiger partial charge in [-0.15, -0.1) is 0 Å². The normalized spacial score (nSPS) is 26.1. The summed E-state index contributed by atoms with van der Waals surface area (Å²) < 4.78 is 11.7. The Bertz CT molecular complexity index is 605. The maximum Gasteiger partial charge on any atom is 0.321 e. The zero-order chi connectivity index (χ0) is 18.5. The molecule has 1 atom stereocenters. The van der Waals surface area contributed by atoms with Gasteiger partial charge in [0.1, 0.15) is 0 Å². The molecule has 6 heteroatoms. The second-order valence-corrected chi connectivity index (χ2v) is 8.06. The quantitative estimate of drug-likeness (QED) is 0.855. The van der Waals surface area contributed by atoms with E-state index in [4.69, 9.17) is 9.47 Å². The lowest BCUT2D eigenvalue weighted by atomic mass is 9.83. The number of urea groups is 1. The van der Waals surface area contributed by atoms with Crippen LogP contribution >= 0.6 is 0 Å². The fourth-order valence-electron chi connectivity index (χ4n) is 4.57. The molecule has 0 saturated carbocycles. The number of likely N-dealkylation sites (tertiary alicyclic amines) is 1. The summed E-state index contributed by atoms with van der Waals surface area (Å²) in [5, 5.41) is 6.84. The van der Waals surface area contributed by atoms with Crippen molar-refractivity contribution in [3.05, 3.63) is 30.3 Å². The zero-order valence-electron chi connectivity index (χ0n) is 16.0. The van der Waals surface area contributed by atoms with E-state index in [1.165, 1.54) is 0 Å². The van der Waals surface area contributed by atoms with Crippen LogP contribution in [-0.4, -0.2) is 61.5 Å². The lowest BCUT2D eigenvalue weighted by molar-refractivity contribution is -0.141. The third-order valence-corrected chi connectivity index (χ3v) is 6.18. The lowest BCUT2D eigenvalue weighted by Gasteiger charge is -2.45. The van der Waals surface area contributed by atoms with Gasteiger partial charge < -0.3 is 25.0 Å². The predicted molar refractivity (Wildman–Crippen MR) is 105 cm³/mol. The summed E-state index contributed by atoms with van der Waals surface area (Å²) in [5.41, 5.74) is 0.886. The Labute approximate surface area is 161 Å². The van der Waals surface area contributed by atoms with Gasteiger partial charge in [0.05, 0.1) is 5.60 Å². The van der Waals surface area contributed by atoms with E-state index in [-0.39, 0.29) is 11.6 Å². The van der Waals surface area contributed by atoms with Crippen LogP contribution in [-0.2, 0) is 9.47 Å². The van der Waals surface area contributed by atoms with E-state index in [9.17, 15) is 4.79 Å². The van der Waals surface area contributed by atoms with Crippen LogP contribution < -0.4 is 10.6 Å². The smallest absolute Gasteiger partial charge is 0.321 e. The van der Waals surface area contributed by atoms with Crippen LogP contribution in [0, 0.1) is 0 Å². The van der Waals surface area contributed by atoms with Crippen molar-refractivity contribution in [1.29, 1.82) is 0 Å². The highest BCUT2D eigenvalue weighted by Crippen LogP contribution is 2.34. The number of rotatable bonds is 3. The molecule has 27 heavy (non-hydrogen) atoms. The first kappa shape index (κ1) is 18.7. The van der Waals surface area contributed by atoms with Gasteiger partial charge in [-0.1, -0.05) is 18.2 Å². The summed E-state index contributed by atoms with van der Waals surface area (Å²) >= 11 is 0. The number of benzene rings is 1. The van der Waals surface area contributed by atoms with Crippen molar-refractivity contribution in [2.24, 2.45) is 0 Å². The summed E-state index contributed by atoms with van der Waals surface area (Å²) in [6.07, 6.45) is 6.22. The first-order chi connectivity index (χ1) is 13.2. The minimum atomic E-state index is 0.00637. The van der Waals surface area contributed by atoms with Crippen LogP contribution in [0.2, 0.25) is 0 Å². The molecule has 0 radical (unpaired) electrons. The maximum atomic E-state index is 12.4. The van der Waals surface area contributed by atoms with E-state index in [2.05, 4.69) is 10.6 Å². The number of piperidine rings is 1. The Balaban J connectivity index is 1.23. The minimum absolute atomic E-state index is 0.00637. The number of nitrogens with one attached hydrogen (secondary N) is 2. The van der Waals surface area contributed by atoms with Gasteiger partial charge in [0.15, 0.2) is 0 Å². The molecular weight excluding hydrogens is 342 g/mol. The number of carbonyl (C=O) groups excluding carboxylic acids is 1. The second-order valence-electron chi connectivity index (χ2n) is 8.06. The van der Waals surface area contributed by atoms with E-state index in [0.29, 0.717) is 12.1 Å². The summed E-state index contributed by atoms with van der Waals surface area (Å²) in [6.45, 7) is 4.09. The molecule has 1 unspecified atom stereocenters. The van der Waals surface area contributed by atoms with Crippen LogP contribution in [0.1, 0.15) is 38.5 Å². The predicted octanol–water partition coefficient (Wildman–Crippen LogP) is 3.00.